The highest BCUT2D eigenvalue weighted by Gasteiger charge is 2.02. The Morgan fingerprint density at radius 2 is 2.06 bits per heavy atom. The van der Waals surface area contributed by atoms with E-state index in [-0.39, 0.29) is 0 Å². The van der Waals surface area contributed by atoms with Crippen LogP contribution in [-0.4, -0.2) is 10.2 Å². The molecule has 90 valence electrons. The van der Waals surface area contributed by atoms with E-state index in [1.807, 2.05) is 0 Å². The number of thioether (sulfide) groups is 1. The summed E-state index contributed by atoms with van der Waals surface area (Å²) in [4.78, 5) is 0. The van der Waals surface area contributed by atoms with Crippen molar-refractivity contribution >= 4 is 35.3 Å². The first kappa shape index (κ1) is 12.8. The molecule has 0 radical (unpaired) electrons. The van der Waals surface area contributed by atoms with E-state index >= 15 is 0 Å². The summed E-state index contributed by atoms with van der Waals surface area (Å²) in [6, 6.07) is 8.78. The van der Waals surface area contributed by atoms with Crippen LogP contribution < -0.4 is 0 Å². The van der Waals surface area contributed by atoms with Crippen molar-refractivity contribution in [3.8, 4) is 0 Å². The maximum Gasteiger partial charge on any atom is 0.177 e. The van der Waals surface area contributed by atoms with Crippen molar-refractivity contribution in [3.05, 3.63) is 39.3 Å². The highest BCUT2D eigenvalue weighted by Crippen LogP contribution is 2.25. The van der Waals surface area contributed by atoms with Crippen molar-refractivity contribution in [2.45, 2.75) is 29.9 Å². The molecule has 0 saturated carbocycles. The van der Waals surface area contributed by atoms with Crippen LogP contribution in [0.2, 0.25) is 0 Å². The first-order valence-corrected chi connectivity index (χ1v) is 7.63. The number of nitrogens with one attached hydrogen (secondary N) is 1. The van der Waals surface area contributed by atoms with Crippen molar-refractivity contribution in [1.29, 1.82) is 0 Å². The Hall–Kier alpha value is -0.650. The summed E-state index contributed by atoms with van der Waals surface area (Å²) >= 11 is 8.24. The fourth-order valence-corrected chi connectivity index (χ4v) is 3.46. The van der Waals surface area contributed by atoms with Gasteiger partial charge in [-0.2, -0.15) is 5.10 Å². The predicted octanol–water partition coefficient (Wildman–Crippen LogP) is 4.62. The molecule has 1 N–H and O–H groups in total. The maximum absolute atomic E-state index is 5.00. The van der Waals surface area contributed by atoms with Gasteiger partial charge < -0.3 is 0 Å². The summed E-state index contributed by atoms with van der Waals surface area (Å²) < 4.78 is 1.74. The van der Waals surface area contributed by atoms with Gasteiger partial charge >= 0.3 is 0 Å². The molecule has 1 heterocycles. The summed E-state index contributed by atoms with van der Waals surface area (Å²) in [5, 5.41) is 6.92. The molecule has 0 aliphatic heterocycles. The fourth-order valence-electron chi connectivity index (χ4n) is 1.42. The number of nitrogens with zero attached hydrogens (tertiary/aromatic N) is 1. The molecule has 2 aromatic rings. The molecule has 1 aromatic carbocycles. The Morgan fingerprint density at radius 3 is 2.59 bits per heavy atom. The molecule has 0 fully saturated rings. The molecule has 0 aliphatic carbocycles. The van der Waals surface area contributed by atoms with Crippen LogP contribution in [0.5, 0.6) is 0 Å². The lowest BCUT2D eigenvalue weighted by Gasteiger charge is -2.05. The summed E-state index contributed by atoms with van der Waals surface area (Å²) in [6.45, 7) is 4.42. The predicted molar refractivity (Wildman–Crippen MR) is 77.4 cm³/mol. The largest absolute Gasteiger partial charge is 0.257 e. The normalized spacial score (nSPS) is 11.0. The van der Waals surface area contributed by atoms with Gasteiger partial charge in [0.1, 0.15) is 0 Å². The second-order valence-corrected chi connectivity index (χ2v) is 6.95. The first-order chi connectivity index (χ1) is 8.15. The Balaban J connectivity index is 1.97. The number of hydrogen-bond acceptors (Lipinski definition) is 4. The van der Waals surface area contributed by atoms with Gasteiger partial charge in [-0.3, -0.25) is 5.10 Å². The molecule has 2 nitrogen and oxygen atoms in total. The van der Waals surface area contributed by atoms with E-state index in [0.717, 1.165) is 14.0 Å². The van der Waals surface area contributed by atoms with E-state index < -0.39 is 0 Å². The number of benzene rings is 1. The zero-order valence-corrected chi connectivity index (χ0v) is 12.2. The van der Waals surface area contributed by atoms with Crippen LogP contribution in [-0.2, 0) is 5.75 Å². The molecule has 0 amide bonds. The molecular weight excluding hydrogens is 268 g/mol. The van der Waals surface area contributed by atoms with Gasteiger partial charge in [0.25, 0.3) is 0 Å². The van der Waals surface area contributed by atoms with Crippen LogP contribution in [0.15, 0.2) is 28.6 Å². The Kier molecular flexibility index (Phi) is 4.36. The number of H-pyrrole nitrogens is 1. The maximum atomic E-state index is 5.00. The summed E-state index contributed by atoms with van der Waals surface area (Å²) in [6.07, 6.45) is 0. The molecule has 0 spiro atoms. The number of aromatic amines is 1. The third-order valence-electron chi connectivity index (χ3n) is 2.43. The van der Waals surface area contributed by atoms with Crippen LogP contribution in [0.3, 0.4) is 0 Å². The average molecular weight is 282 g/mol. The molecular formula is C12H14N2S3. The number of rotatable bonds is 4. The molecule has 17 heavy (non-hydrogen) atoms. The molecule has 5 heteroatoms. The second-order valence-electron chi connectivity index (χ2n) is 4.06. The molecule has 0 bridgehead atoms. The van der Waals surface area contributed by atoms with Crippen molar-refractivity contribution < 1.29 is 0 Å². The Morgan fingerprint density at radius 1 is 1.35 bits per heavy atom. The minimum Gasteiger partial charge on any atom is -0.257 e. The minimum atomic E-state index is 0.591. The van der Waals surface area contributed by atoms with E-state index in [1.54, 1.807) is 11.8 Å². The van der Waals surface area contributed by atoms with Crippen LogP contribution in [0.1, 0.15) is 30.9 Å². The van der Waals surface area contributed by atoms with Gasteiger partial charge in [-0.05, 0) is 29.3 Å². The summed E-state index contributed by atoms with van der Waals surface area (Å²) in [5.74, 6) is 1.53. The molecule has 1 aromatic heterocycles. The van der Waals surface area contributed by atoms with Gasteiger partial charge in [-0.25, -0.2) is 0 Å². The average Bonchev–Trinajstić information content (AvgIpc) is 2.73. The van der Waals surface area contributed by atoms with Crippen molar-refractivity contribution in [3.63, 3.8) is 0 Å². The quantitative estimate of drug-likeness (QED) is 0.655. The summed E-state index contributed by atoms with van der Waals surface area (Å²) in [7, 11) is 0. The third-order valence-corrected chi connectivity index (χ3v) is 4.73. The van der Waals surface area contributed by atoms with Gasteiger partial charge in [0.2, 0.25) is 0 Å². The van der Waals surface area contributed by atoms with E-state index in [9.17, 15) is 0 Å². The molecule has 0 aliphatic rings. The SMILES string of the molecule is CC(C)c1ccc(CSc2n[nH]c(=S)s2)cc1. The topological polar surface area (TPSA) is 28.7 Å². The van der Waals surface area contributed by atoms with Crippen molar-refractivity contribution in [2.75, 3.05) is 0 Å². The van der Waals surface area contributed by atoms with E-state index in [1.165, 1.54) is 22.5 Å². The zero-order valence-electron chi connectivity index (χ0n) is 9.77. The van der Waals surface area contributed by atoms with Gasteiger partial charge in [0.15, 0.2) is 8.29 Å². The molecule has 0 atom stereocenters. The summed E-state index contributed by atoms with van der Waals surface area (Å²) in [5.41, 5.74) is 2.70. The minimum absolute atomic E-state index is 0.591. The standard InChI is InChI=1S/C12H14N2S3/c1-8(2)10-5-3-9(4-6-10)7-16-12-14-13-11(15)17-12/h3-6,8H,7H2,1-2H3,(H,13,15). The number of aromatic nitrogens is 2. The molecule has 0 unspecified atom stereocenters. The van der Waals surface area contributed by atoms with Crippen LogP contribution in [0, 0.1) is 3.95 Å². The third kappa shape index (κ3) is 3.66. The highest BCUT2D eigenvalue weighted by molar-refractivity contribution is 8.00. The lowest BCUT2D eigenvalue weighted by atomic mass is 10.0. The van der Waals surface area contributed by atoms with E-state index in [4.69, 9.17) is 12.2 Å². The fraction of sp³-hybridized carbons (Fsp3) is 0.333. The Bertz CT molecular complexity index is 525. The van der Waals surface area contributed by atoms with Gasteiger partial charge in [0, 0.05) is 5.75 Å². The second kappa shape index (κ2) is 5.80. The smallest absolute Gasteiger partial charge is 0.177 e. The lowest BCUT2D eigenvalue weighted by molar-refractivity contribution is 0.866. The van der Waals surface area contributed by atoms with E-state index in [2.05, 4.69) is 48.3 Å². The highest BCUT2D eigenvalue weighted by atomic mass is 32.2. The first-order valence-electron chi connectivity index (χ1n) is 5.42. The van der Waals surface area contributed by atoms with E-state index in [0.29, 0.717) is 5.92 Å². The van der Waals surface area contributed by atoms with Gasteiger partial charge in [-0.15, -0.1) is 0 Å². The monoisotopic (exact) mass is 282 g/mol. The molecule has 0 saturated heterocycles. The molecule has 2 rings (SSSR count). The van der Waals surface area contributed by atoms with Crippen LogP contribution in [0.25, 0.3) is 0 Å². The Labute approximate surface area is 114 Å². The van der Waals surface area contributed by atoms with Gasteiger partial charge in [-0.1, -0.05) is 61.2 Å². The van der Waals surface area contributed by atoms with Crippen molar-refractivity contribution in [2.24, 2.45) is 0 Å². The zero-order chi connectivity index (χ0) is 12.3. The number of hydrogen-bond donors (Lipinski definition) is 1. The van der Waals surface area contributed by atoms with Crippen molar-refractivity contribution in [1.82, 2.24) is 10.2 Å². The lowest BCUT2D eigenvalue weighted by Crippen LogP contribution is -1.87. The van der Waals surface area contributed by atoms with Gasteiger partial charge in [0.05, 0.1) is 0 Å². The van der Waals surface area contributed by atoms with Crippen LogP contribution >= 0.6 is 35.3 Å². The van der Waals surface area contributed by atoms with Crippen LogP contribution in [0.4, 0.5) is 0 Å².